The monoisotopic (exact) mass is 333 g/mol. The Morgan fingerprint density at radius 1 is 1.36 bits per heavy atom. The Morgan fingerprint density at radius 2 is 2.00 bits per heavy atom. The Bertz CT molecular complexity index is 500. The lowest BCUT2D eigenvalue weighted by Gasteiger charge is -2.48. The fourth-order valence-electron chi connectivity index (χ4n) is 3.60. The summed E-state index contributed by atoms with van der Waals surface area (Å²) in [5.41, 5.74) is -0.739. The Morgan fingerprint density at radius 3 is 2.55 bits per heavy atom. The van der Waals surface area contributed by atoms with Crippen LogP contribution in [-0.4, -0.2) is 68.2 Å². The molecule has 1 amide bonds. The van der Waals surface area contributed by atoms with E-state index in [2.05, 4.69) is 0 Å². The van der Waals surface area contributed by atoms with E-state index in [0.29, 0.717) is 32.7 Å². The Kier molecular flexibility index (Phi) is 5.50. The molecule has 0 aromatic carbocycles. The summed E-state index contributed by atoms with van der Waals surface area (Å²) in [6.45, 7) is 4.36. The van der Waals surface area contributed by atoms with Crippen LogP contribution in [0.4, 0.5) is 0 Å². The van der Waals surface area contributed by atoms with Crippen molar-refractivity contribution in [2.75, 3.05) is 38.3 Å². The summed E-state index contributed by atoms with van der Waals surface area (Å²) >= 11 is 0. The summed E-state index contributed by atoms with van der Waals surface area (Å²) in [6.07, 6.45) is 3.46. The van der Waals surface area contributed by atoms with Crippen LogP contribution in [-0.2, 0) is 19.4 Å². The van der Waals surface area contributed by atoms with Gasteiger partial charge in [-0.25, -0.2) is 8.42 Å². The van der Waals surface area contributed by atoms with Gasteiger partial charge in [-0.2, -0.15) is 0 Å². The zero-order chi connectivity index (χ0) is 16.4. The van der Waals surface area contributed by atoms with Crippen LogP contribution in [0.2, 0.25) is 0 Å². The fraction of sp³-hybridized carbons (Fsp3) is 0.933. The molecular weight excluding hydrogens is 306 g/mol. The molecule has 2 saturated heterocycles. The SMILES string of the molecule is C[C@@H]1CN(C(=O)CCS(C)(=O)=O)CC[C@@]1(O)C1CCOCC1. The smallest absolute Gasteiger partial charge is 0.223 e. The molecule has 2 aliphatic rings. The molecule has 2 rings (SSSR count). The molecule has 128 valence electrons. The molecule has 0 unspecified atom stereocenters. The van der Waals surface area contributed by atoms with E-state index in [9.17, 15) is 18.3 Å². The number of likely N-dealkylation sites (tertiary alicyclic amines) is 1. The van der Waals surface area contributed by atoms with Crippen molar-refractivity contribution >= 4 is 15.7 Å². The van der Waals surface area contributed by atoms with Gasteiger partial charge in [-0.3, -0.25) is 4.79 Å². The molecule has 0 aliphatic carbocycles. The molecule has 2 aliphatic heterocycles. The third-order valence-electron chi connectivity index (χ3n) is 5.10. The highest BCUT2D eigenvalue weighted by molar-refractivity contribution is 7.90. The number of aliphatic hydroxyl groups is 1. The van der Waals surface area contributed by atoms with Crippen molar-refractivity contribution in [3.05, 3.63) is 0 Å². The number of hydrogen-bond acceptors (Lipinski definition) is 5. The number of rotatable bonds is 4. The van der Waals surface area contributed by atoms with Gasteiger partial charge in [0, 0.05) is 44.9 Å². The summed E-state index contributed by atoms with van der Waals surface area (Å²) in [6, 6.07) is 0. The molecule has 0 aromatic heterocycles. The fourth-order valence-corrected chi connectivity index (χ4v) is 4.15. The van der Waals surface area contributed by atoms with Gasteiger partial charge in [0.05, 0.1) is 11.4 Å². The zero-order valence-corrected chi connectivity index (χ0v) is 14.3. The minimum Gasteiger partial charge on any atom is -0.389 e. The second kappa shape index (κ2) is 6.84. The molecule has 22 heavy (non-hydrogen) atoms. The quantitative estimate of drug-likeness (QED) is 0.807. The number of carbonyl (C=O) groups is 1. The molecule has 0 bridgehead atoms. The highest BCUT2D eigenvalue weighted by atomic mass is 32.2. The van der Waals surface area contributed by atoms with E-state index in [1.54, 1.807) is 4.90 Å². The van der Waals surface area contributed by atoms with E-state index in [1.165, 1.54) is 0 Å². The minimum atomic E-state index is -3.12. The molecular formula is C15H27NO5S. The lowest BCUT2D eigenvalue weighted by Crippen LogP contribution is -2.57. The van der Waals surface area contributed by atoms with Crippen LogP contribution >= 0.6 is 0 Å². The van der Waals surface area contributed by atoms with Crippen molar-refractivity contribution < 1.29 is 23.1 Å². The number of carbonyl (C=O) groups excluding carboxylic acids is 1. The van der Waals surface area contributed by atoms with Crippen LogP contribution in [0.25, 0.3) is 0 Å². The number of sulfone groups is 1. The van der Waals surface area contributed by atoms with Gasteiger partial charge in [0.1, 0.15) is 9.84 Å². The largest absolute Gasteiger partial charge is 0.389 e. The zero-order valence-electron chi connectivity index (χ0n) is 13.5. The molecule has 2 heterocycles. The first-order valence-electron chi connectivity index (χ1n) is 7.98. The summed E-state index contributed by atoms with van der Waals surface area (Å²) < 4.78 is 27.7. The highest BCUT2D eigenvalue weighted by Gasteiger charge is 2.45. The van der Waals surface area contributed by atoms with Crippen LogP contribution in [0, 0.1) is 11.8 Å². The maximum absolute atomic E-state index is 12.1. The van der Waals surface area contributed by atoms with Crippen molar-refractivity contribution in [1.29, 1.82) is 0 Å². The standard InChI is InChI=1S/C15H27NO5S/c1-12-11-16(14(17)5-10-22(2,19)20)7-6-15(12,18)13-3-8-21-9-4-13/h12-13,18H,3-11H2,1-2H3/t12-,15+/m1/s1. The van der Waals surface area contributed by atoms with Crippen LogP contribution in [0.3, 0.4) is 0 Å². The number of nitrogens with zero attached hydrogens (tertiary/aromatic N) is 1. The lowest BCUT2D eigenvalue weighted by atomic mass is 9.70. The van der Waals surface area contributed by atoms with E-state index in [4.69, 9.17) is 4.74 Å². The molecule has 0 spiro atoms. The van der Waals surface area contributed by atoms with Crippen LogP contribution < -0.4 is 0 Å². The van der Waals surface area contributed by atoms with Gasteiger partial charge in [-0.05, 0) is 25.2 Å². The van der Waals surface area contributed by atoms with Gasteiger partial charge in [-0.15, -0.1) is 0 Å². The molecule has 2 fully saturated rings. The highest BCUT2D eigenvalue weighted by Crippen LogP contribution is 2.39. The van der Waals surface area contributed by atoms with E-state index in [1.807, 2.05) is 6.92 Å². The molecule has 0 aromatic rings. The first-order valence-corrected chi connectivity index (χ1v) is 10.0. The van der Waals surface area contributed by atoms with E-state index >= 15 is 0 Å². The molecule has 0 radical (unpaired) electrons. The van der Waals surface area contributed by atoms with Crippen LogP contribution in [0.1, 0.15) is 32.6 Å². The van der Waals surface area contributed by atoms with E-state index < -0.39 is 15.4 Å². The Balaban J connectivity index is 1.92. The van der Waals surface area contributed by atoms with Crippen molar-refractivity contribution in [3.63, 3.8) is 0 Å². The number of piperidine rings is 1. The molecule has 0 saturated carbocycles. The van der Waals surface area contributed by atoms with Crippen molar-refractivity contribution in [2.24, 2.45) is 11.8 Å². The average molecular weight is 333 g/mol. The number of hydrogen-bond donors (Lipinski definition) is 1. The normalized spacial score (nSPS) is 31.2. The second-order valence-corrected chi connectivity index (χ2v) is 9.01. The summed E-state index contributed by atoms with van der Waals surface area (Å²) in [4.78, 5) is 13.8. The summed E-state index contributed by atoms with van der Waals surface area (Å²) in [5, 5.41) is 11.0. The van der Waals surface area contributed by atoms with Gasteiger partial charge >= 0.3 is 0 Å². The predicted octanol–water partition coefficient (Wildman–Crippen LogP) is 0.447. The number of amides is 1. The van der Waals surface area contributed by atoms with Crippen molar-refractivity contribution in [1.82, 2.24) is 4.90 Å². The average Bonchev–Trinajstić information content (AvgIpc) is 2.48. The van der Waals surface area contributed by atoms with Gasteiger partial charge in [0.25, 0.3) is 0 Å². The first-order chi connectivity index (χ1) is 10.2. The van der Waals surface area contributed by atoms with E-state index in [-0.39, 0.29) is 29.9 Å². The van der Waals surface area contributed by atoms with Gasteiger partial charge in [0.15, 0.2) is 0 Å². The predicted molar refractivity (Wildman–Crippen MR) is 83.2 cm³/mol. The second-order valence-electron chi connectivity index (χ2n) is 6.75. The molecule has 6 nitrogen and oxygen atoms in total. The Labute approximate surface area is 132 Å². The maximum Gasteiger partial charge on any atom is 0.223 e. The van der Waals surface area contributed by atoms with E-state index in [0.717, 1.165) is 19.1 Å². The van der Waals surface area contributed by atoms with Crippen LogP contribution in [0.15, 0.2) is 0 Å². The lowest BCUT2D eigenvalue weighted by molar-refractivity contribution is -0.151. The van der Waals surface area contributed by atoms with Crippen molar-refractivity contribution in [2.45, 2.75) is 38.2 Å². The third kappa shape index (κ3) is 4.20. The van der Waals surface area contributed by atoms with Gasteiger partial charge in [-0.1, -0.05) is 6.92 Å². The van der Waals surface area contributed by atoms with Gasteiger partial charge < -0.3 is 14.7 Å². The van der Waals surface area contributed by atoms with Gasteiger partial charge in [0.2, 0.25) is 5.91 Å². The number of ether oxygens (including phenoxy) is 1. The van der Waals surface area contributed by atoms with Crippen molar-refractivity contribution in [3.8, 4) is 0 Å². The molecule has 2 atom stereocenters. The topological polar surface area (TPSA) is 83.9 Å². The summed E-state index contributed by atoms with van der Waals surface area (Å²) in [7, 11) is -3.12. The molecule has 1 N–H and O–H groups in total. The minimum absolute atomic E-state index is 0.00784. The first kappa shape index (κ1) is 17.7. The summed E-state index contributed by atoms with van der Waals surface area (Å²) in [5.74, 6) is -0.0247. The maximum atomic E-state index is 12.1. The van der Waals surface area contributed by atoms with Crippen LogP contribution in [0.5, 0.6) is 0 Å². The third-order valence-corrected chi connectivity index (χ3v) is 6.04. The Hall–Kier alpha value is -0.660. The molecule has 7 heteroatoms.